The van der Waals surface area contributed by atoms with Gasteiger partial charge in [0.15, 0.2) is 0 Å². The van der Waals surface area contributed by atoms with Gasteiger partial charge in [-0.2, -0.15) is 0 Å². The van der Waals surface area contributed by atoms with Crippen LogP contribution in [0.15, 0.2) is 24.3 Å². The van der Waals surface area contributed by atoms with Crippen molar-refractivity contribution >= 4 is 10.9 Å². The van der Waals surface area contributed by atoms with Gasteiger partial charge in [0.1, 0.15) is 0 Å². The molecule has 3 rings (SSSR count). The molecule has 15 heavy (non-hydrogen) atoms. The van der Waals surface area contributed by atoms with Gasteiger partial charge < -0.3 is 9.67 Å². The van der Waals surface area contributed by atoms with Crippen molar-refractivity contribution in [2.24, 2.45) is 7.05 Å². The summed E-state index contributed by atoms with van der Waals surface area (Å²) in [6, 6.07) is 8.41. The van der Waals surface area contributed by atoms with Crippen LogP contribution in [0.5, 0.6) is 0 Å². The van der Waals surface area contributed by atoms with E-state index in [2.05, 4.69) is 35.9 Å². The van der Waals surface area contributed by atoms with Gasteiger partial charge in [0.05, 0.1) is 11.8 Å². The van der Waals surface area contributed by atoms with Gasteiger partial charge >= 0.3 is 0 Å². The smallest absolute Gasteiger partial charge is 0.0942 e. The molecule has 0 amide bonds. The fourth-order valence-electron chi connectivity index (χ4n) is 2.79. The molecule has 0 bridgehead atoms. The molecule has 1 atom stereocenters. The molecule has 1 unspecified atom stereocenters. The first-order valence-electron chi connectivity index (χ1n) is 5.53. The number of para-hydroxylation sites is 1. The highest BCUT2D eigenvalue weighted by Gasteiger charge is 2.24. The van der Waals surface area contributed by atoms with Crippen molar-refractivity contribution in [2.45, 2.75) is 25.4 Å². The number of fused-ring (bicyclic) bond motifs is 3. The van der Waals surface area contributed by atoms with Gasteiger partial charge in [0, 0.05) is 18.0 Å². The fraction of sp³-hybridized carbons (Fsp3) is 0.385. The standard InChI is InChI=1S/C13H15NO/c1-14-11-7-3-2-5-9(11)10-6-4-8-12(15)13(10)14/h2-3,5,7,12,15H,4,6,8H2,1H3. The Kier molecular flexibility index (Phi) is 1.86. The number of nitrogens with zero attached hydrogens (tertiary/aromatic N) is 1. The van der Waals surface area contributed by atoms with Gasteiger partial charge in [-0.1, -0.05) is 18.2 Å². The molecule has 1 aromatic heterocycles. The molecule has 0 spiro atoms. The molecule has 2 nitrogen and oxygen atoms in total. The number of hydrogen-bond donors (Lipinski definition) is 1. The molecule has 0 aliphatic heterocycles. The van der Waals surface area contributed by atoms with E-state index in [4.69, 9.17) is 0 Å². The van der Waals surface area contributed by atoms with Crippen molar-refractivity contribution < 1.29 is 5.11 Å². The molecule has 2 aromatic rings. The van der Waals surface area contributed by atoms with Crippen LogP contribution in [0, 0.1) is 0 Å². The molecule has 1 N–H and O–H groups in total. The number of aliphatic hydroxyl groups excluding tert-OH is 1. The first-order chi connectivity index (χ1) is 7.29. The van der Waals surface area contributed by atoms with Crippen LogP contribution < -0.4 is 0 Å². The van der Waals surface area contributed by atoms with Crippen LogP contribution in [0.2, 0.25) is 0 Å². The maximum Gasteiger partial charge on any atom is 0.0942 e. The highest BCUT2D eigenvalue weighted by atomic mass is 16.3. The molecule has 78 valence electrons. The zero-order valence-electron chi connectivity index (χ0n) is 8.90. The van der Waals surface area contributed by atoms with Crippen molar-refractivity contribution in [3.63, 3.8) is 0 Å². The zero-order chi connectivity index (χ0) is 10.4. The van der Waals surface area contributed by atoms with Crippen LogP contribution in [-0.2, 0) is 13.5 Å². The summed E-state index contributed by atoms with van der Waals surface area (Å²) in [5.41, 5.74) is 3.72. The Morgan fingerprint density at radius 3 is 3.00 bits per heavy atom. The minimum atomic E-state index is -0.272. The van der Waals surface area contributed by atoms with Gasteiger partial charge in [-0.05, 0) is 30.9 Å². The van der Waals surface area contributed by atoms with Crippen LogP contribution in [0.25, 0.3) is 10.9 Å². The molecule has 1 aromatic carbocycles. The Morgan fingerprint density at radius 1 is 1.33 bits per heavy atom. The molecular weight excluding hydrogens is 186 g/mol. The lowest BCUT2D eigenvalue weighted by Crippen LogP contribution is -2.11. The quantitative estimate of drug-likeness (QED) is 0.696. The van der Waals surface area contributed by atoms with E-state index >= 15 is 0 Å². The summed E-state index contributed by atoms with van der Waals surface area (Å²) in [5, 5.41) is 11.3. The molecule has 1 aliphatic carbocycles. The van der Waals surface area contributed by atoms with Crippen molar-refractivity contribution in [2.75, 3.05) is 0 Å². The Labute approximate surface area is 89.1 Å². The third-order valence-electron chi connectivity index (χ3n) is 3.48. The zero-order valence-corrected chi connectivity index (χ0v) is 8.90. The molecule has 0 radical (unpaired) electrons. The Morgan fingerprint density at radius 2 is 2.13 bits per heavy atom. The average Bonchev–Trinajstić information content (AvgIpc) is 2.55. The summed E-state index contributed by atoms with van der Waals surface area (Å²) in [5.74, 6) is 0. The second-order valence-corrected chi connectivity index (χ2v) is 4.35. The molecule has 1 aliphatic rings. The SMILES string of the molecule is Cn1c2c(c3ccccc31)CCCC2O. The second-order valence-electron chi connectivity index (χ2n) is 4.35. The van der Waals surface area contributed by atoms with E-state index in [-0.39, 0.29) is 6.10 Å². The molecule has 0 saturated carbocycles. The normalized spacial score (nSPS) is 20.5. The van der Waals surface area contributed by atoms with Crippen LogP contribution in [0.1, 0.15) is 30.2 Å². The van der Waals surface area contributed by atoms with Crippen LogP contribution in [0.4, 0.5) is 0 Å². The number of aliphatic hydroxyl groups is 1. The predicted octanol–water partition coefficient (Wildman–Crippen LogP) is 2.55. The lowest BCUT2D eigenvalue weighted by molar-refractivity contribution is 0.149. The average molecular weight is 201 g/mol. The third-order valence-corrected chi connectivity index (χ3v) is 3.48. The molecule has 1 heterocycles. The largest absolute Gasteiger partial charge is 0.387 e. The first-order valence-corrected chi connectivity index (χ1v) is 5.53. The van der Waals surface area contributed by atoms with E-state index in [0.717, 1.165) is 25.0 Å². The van der Waals surface area contributed by atoms with Gasteiger partial charge in [-0.15, -0.1) is 0 Å². The van der Waals surface area contributed by atoms with Crippen molar-refractivity contribution in [3.8, 4) is 0 Å². The van der Waals surface area contributed by atoms with Crippen LogP contribution in [0.3, 0.4) is 0 Å². The highest BCUT2D eigenvalue weighted by Crippen LogP contribution is 2.36. The minimum absolute atomic E-state index is 0.272. The van der Waals surface area contributed by atoms with E-state index in [1.54, 1.807) is 0 Å². The van der Waals surface area contributed by atoms with Gasteiger partial charge in [-0.25, -0.2) is 0 Å². The number of aromatic nitrogens is 1. The Hall–Kier alpha value is -1.28. The summed E-state index contributed by atoms with van der Waals surface area (Å²) >= 11 is 0. The van der Waals surface area contributed by atoms with Crippen LogP contribution in [-0.4, -0.2) is 9.67 Å². The molecule has 0 fully saturated rings. The van der Waals surface area contributed by atoms with E-state index in [9.17, 15) is 5.11 Å². The number of rotatable bonds is 0. The minimum Gasteiger partial charge on any atom is -0.387 e. The summed E-state index contributed by atoms with van der Waals surface area (Å²) in [7, 11) is 2.05. The first kappa shape index (κ1) is 8.98. The van der Waals surface area contributed by atoms with E-state index < -0.39 is 0 Å². The number of aryl methyl sites for hydroxylation is 2. The van der Waals surface area contributed by atoms with Crippen molar-refractivity contribution in [3.05, 3.63) is 35.5 Å². The Bertz CT molecular complexity index is 512. The van der Waals surface area contributed by atoms with Crippen LogP contribution >= 0.6 is 0 Å². The lowest BCUT2D eigenvalue weighted by Gasteiger charge is -2.19. The number of hydrogen-bond acceptors (Lipinski definition) is 1. The second kappa shape index (κ2) is 3.11. The van der Waals surface area contributed by atoms with Crippen molar-refractivity contribution in [1.29, 1.82) is 0 Å². The maximum atomic E-state index is 10.0. The topological polar surface area (TPSA) is 25.2 Å². The van der Waals surface area contributed by atoms with Crippen molar-refractivity contribution in [1.82, 2.24) is 4.57 Å². The highest BCUT2D eigenvalue weighted by molar-refractivity contribution is 5.85. The fourth-order valence-corrected chi connectivity index (χ4v) is 2.79. The summed E-state index contributed by atoms with van der Waals surface area (Å²) in [6.45, 7) is 0. The summed E-state index contributed by atoms with van der Waals surface area (Å²) in [6.07, 6.45) is 2.83. The number of benzene rings is 1. The summed E-state index contributed by atoms with van der Waals surface area (Å²) < 4.78 is 2.15. The predicted molar refractivity (Wildman–Crippen MR) is 60.8 cm³/mol. The summed E-state index contributed by atoms with van der Waals surface area (Å²) in [4.78, 5) is 0. The third kappa shape index (κ3) is 1.15. The monoisotopic (exact) mass is 201 g/mol. The lowest BCUT2D eigenvalue weighted by atomic mass is 9.93. The van der Waals surface area contributed by atoms with Gasteiger partial charge in [-0.3, -0.25) is 0 Å². The molecule has 0 saturated heterocycles. The molecular formula is C13H15NO. The van der Waals surface area contributed by atoms with E-state index in [1.165, 1.54) is 16.5 Å². The maximum absolute atomic E-state index is 10.0. The van der Waals surface area contributed by atoms with E-state index in [0.29, 0.717) is 0 Å². The van der Waals surface area contributed by atoms with Gasteiger partial charge in [0.2, 0.25) is 0 Å². The Balaban J connectivity index is 2.40. The molecule has 2 heteroatoms. The van der Waals surface area contributed by atoms with Gasteiger partial charge in [0.25, 0.3) is 0 Å². The van der Waals surface area contributed by atoms with E-state index in [1.807, 2.05) is 0 Å².